The minimum atomic E-state index is -4.28. The van der Waals surface area contributed by atoms with E-state index in [1.807, 2.05) is 58.0 Å². The summed E-state index contributed by atoms with van der Waals surface area (Å²) < 4.78 is 107. The number of sulfonamides is 4. The molecule has 9 rings (SSSR count). The number of allylic oxidation sites excluding steroid dienone is 2. The van der Waals surface area contributed by atoms with Crippen LogP contribution in [0.2, 0.25) is 0 Å². The summed E-state index contributed by atoms with van der Waals surface area (Å²) >= 11 is 0. The van der Waals surface area contributed by atoms with Gasteiger partial charge in [-0.15, -0.1) is 22.8 Å². The van der Waals surface area contributed by atoms with Crippen molar-refractivity contribution in [2.75, 3.05) is 0 Å². The number of primary sulfonamides is 4. The Labute approximate surface area is 460 Å². The van der Waals surface area contributed by atoms with Gasteiger partial charge in [0, 0.05) is 16.3 Å². The number of aryl methyl sites for hydroxylation is 8. The Bertz CT molecular complexity index is 4480. The molecule has 0 aliphatic carbocycles. The molecule has 0 saturated heterocycles. The van der Waals surface area contributed by atoms with E-state index in [1.54, 1.807) is 97.9 Å². The topological polar surface area (TPSA) is 297 Å². The Morgan fingerprint density at radius 3 is 1.19 bits per heavy atom. The second kappa shape index (κ2) is 19.6. The van der Waals surface area contributed by atoms with Gasteiger partial charge < -0.3 is 15.0 Å². The number of H-pyrrole nitrogens is 1. The third-order valence-electron chi connectivity index (χ3n) is 14.6. The second-order valence-electron chi connectivity index (χ2n) is 20.1. The Morgan fingerprint density at radius 2 is 0.779 bits per heavy atom. The summed E-state index contributed by atoms with van der Waals surface area (Å²) in [7, 11) is -17.1. The van der Waals surface area contributed by atoms with Gasteiger partial charge in [0.05, 0.1) is 31.0 Å². The number of aromatic amines is 1. The maximum atomic E-state index is 13.4. The van der Waals surface area contributed by atoms with Crippen LogP contribution >= 0.6 is 0 Å². The van der Waals surface area contributed by atoms with Crippen LogP contribution in [-0.2, 0) is 57.2 Å². The third-order valence-corrected chi connectivity index (χ3v) is 19.4. The quantitative estimate of drug-likeness (QED) is 0.117. The van der Waals surface area contributed by atoms with Gasteiger partial charge in [-0.05, 0) is 213 Å². The van der Waals surface area contributed by atoms with E-state index in [1.165, 1.54) is 0 Å². The Morgan fingerprint density at radius 1 is 0.429 bits per heavy atom. The van der Waals surface area contributed by atoms with Crippen molar-refractivity contribution in [2.24, 2.45) is 25.5 Å². The molecule has 5 heterocycles. The van der Waals surface area contributed by atoms with Gasteiger partial charge in [-0.3, -0.25) is 0 Å². The van der Waals surface area contributed by atoms with E-state index in [9.17, 15) is 33.7 Å². The zero-order valence-electron chi connectivity index (χ0n) is 44.4. The van der Waals surface area contributed by atoms with Crippen molar-refractivity contribution in [2.45, 2.75) is 109 Å². The normalized spacial score (nSPS) is 15.1. The molecular weight excluding hydrogens is 1100 g/mol. The number of benzene rings is 4. The summed E-state index contributed by atoms with van der Waals surface area (Å²) in [6.45, 7) is 21.0. The van der Waals surface area contributed by atoms with Crippen LogP contribution in [0.25, 0.3) is 16.7 Å². The van der Waals surface area contributed by atoms with Crippen LogP contribution in [-0.4, -0.2) is 44.4 Å². The van der Waals surface area contributed by atoms with Crippen LogP contribution in [0.15, 0.2) is 103 Å². The first-order chi connectivity index (χ1) is 35.2. The first-order valence-electron chi connectivity index (χ1n) is 24.0. The second-order valence-corrected chi connectivity index (χ2v) is 26.1. The van der Waals surface area contributed by atoms with E-state index < -0.39 is 46.0 Å². The van der Waals surface area contributed by atoms with E-state index in [0.717, 1.165) is 5.56 Å². The number of hydrogen-bond acceptors (Lipinski definition) is 9. The summed E-state index contributed by atoms with van der Waals surface area (Å²) in [6.07, 6.45) is 3.58. The maximum Gasteiger partial charge on any atom is 2.00 e. The molecule has 2 aliphatic heterocycles. The van der Waals surface area contributed by atoms with Gasteiger partial charge in [-0.1, -0.05) is 48.5 Å². The zero-order valence-corrected chi connectivity index (χ0v) is 48.9. The van der Waals surface area contributed by atoms with E-state index in [2.05, 4.69) is 4.98 Å². The van der Waals surface area contributed by atoms with Crippen LogP contribution in [0.4, 0.5) is 0 Å². The average molecular weight is 1150 g/mol. The number of nitrogens with zero attached hydrogens (tertiary/aromatic N) is 3. The van der Waals surface area contributed by atoms with Crippen LogP contribution in [0.1, 0.15) is 118 Å². The smallest absolute Gasteiger partial charge is 0.660 e. The molecular formula is C56H58MnN8O8S4. The van der Waals surface area contributed by atoms with Gasteiger partial charge >= 0.3 is 17.1 Å². The first kappa shape index (κ1) is 57.0. The molecule has 77 heavy (non-hydrogen) atoms. The minimum absolute atomic E-state index is 0. The molecule has 4 aromatic carbocycles. The molecule has 3 aromatic heterocycles. The predicted octanol–water partition coefficient (Wildman–Crippen LogP) is 5.63. The van der Waals surface area contributed by atoms with Crippen molar-refractivity contribution in [1.29, 1.82) is 0 Å². The predicted molar refractivity (Wildman–Crippen MR) is 295 cm³/mol. The van der Waals surface area contributed by atoms with Gasteiger partial charge in [0.1, 0.15) is 0 Å². The molecule has 1 unspecified atom stereocenters. The van der Waals surface area contributed by atoms with E-state index in [0.29, 0.717) is 145 Å². The average Bonchev–Trinajstić information content (AvgIpc) is 4.12. The summed E-state index contributed by atoms with van der Waals surface area (Å²) in [5.41, 5.74) is 12.1. The largest absolute Gasteiger partial charge is 2.00 e. The fourth-order valence-electron chi connectivity index (χ4n) is 12.4. The molecule has 21 heteroatoms. The monoisotopic (exact) mass is 1150 g/mol. The van der Waals surface area contributed by atoms with Gasteiger partial charge in [-0.2, -0.15) is 0 Å². The van der Waals surface area contributed by atoms with E-state index in [-0.39, 0.29) is 36.7 Å². The molecule has 8 bridgehead atoms. The number of nitrogens with one attached hydrogen (secondary N) is 1. The van der Waals surface area contributed by atoms with Gasteiger partial charge in [0.2, 0.25) is 40.1 Å². The van der Waals surface area contributed by atoms with Crippen LogP contribution < -0.4 is 41.2 Å². The molecule has 9 N–H and O–H groups in total. The standard InChI is InChI=1S/C56H58N8O8S4.Mn/c1-25-21-29(5)53(73(57,65)66)33(9)45(25)49-37-13-15-39(61-37)50(46-26(2)22-30(6)54(34(46)10)74(58,67)68)41-17-19-43(63-41)52(48-28(4)24-32(8)56(36(48)12)76(60,71)72)44-20-18-42(64-44)51(40-16-14-38(49)62-40)47-27(3)23-31(7)55(35(47)11)75(59,69)70;/h13-24,49,63H,1-12H3,(H2,57,65,66)(H2,58,67,68)(H2,59,69,70)(H2,60,71,72);/q-2;+2. The molecule has 0 saturated carbocycles. The summed E-state index contributed by atoms with van der Waals surface area (Å²) in [6, 6.07) is 17.9. The van der Waals surface area contributed by atoms with Crippen LogP contribution in [0, 0.1) is 83.1 Å². The fourth-order valence-corrected chi connectivity index (χ4v) is 16.5. The van der Waals surface area contributed by atoms with Crippen molar-refractivity contribution in [3.63, 3.8) is 0 Å². The number of nitrogens with two attached hydrogens (primary N) is 4. The fraction of sp³-hybridized carbons (Fsp3) is 0.232. The molecule has 7 aromatic rings. The summed E-state index contributed by atoms with van der Waals surface area (Å²) in [5.74, 6) is -0.859. The molecule has 0 spiro atoms. The summed E-state index contributed by atoms with van der Waals surface area (Å²) in [4.78, 5) is 19.5. The molecule has 1 radical (unpaired) electrons. The number of aliphatic imine (C=N–C) groups is 1. The number of rotatable bonds is 8. The molecule has 0 fully saturated rings. The molecule has 0 amide bonds. The zero-order chi connectivity index (χ0) is 55.8. The maximum absolute atomic E-state index is 13.4. The van der Waals surface area contributed by atoms with Crippen LogP contribution in [0.5, 0.6) is 0 Å². The van der Waals surface area contributed by atoms with E-state index >= 15 is 0 Å². The molecule has 16 nitrogen and oxygen atoms in total. The number of aromatic nitrogens is 3. The Balaban J connectivity index is 0.00000784. The first-order valence-corrected chi connectivity index (χ1v) is 30.2. The van der Waals surface area contributed by atoms with Gasteiger partial charge in [0.25, 0.3) is 0 Å². The van der Waals surface area contributed by atoms with Crippen LogP contribution in [0.3, 0.4) is 0 Å². The number of hydrogen-bond donors (Lipinski definition) is 5. The molecule has 2 aliphatic rings. The van der Waals surface area contributed by atoms with Crippen molar-refractivity contribution in [3.05, 3.63) is 201 Å². The van der Waals surface area contributed by atoms with Gasteiger partial charge in [-0.25, -0.2) is 59.2 Å². The molecule has 401 valence electrons. The van der Waals surface area contributed by atoms with Crippen molar-refractivity contribution in [3.8, 4) is 0 Å². The Hall–Kier alpha value is -6.23. The summed E-state index contributed by atoms with van der Waals surface area (Å²) in [5, 5.41) is 24.7. The Kier molecular flexibility index (Phi) is 14.5. The van der Waals surface area contributed by atoms with Crippen molar-refractivity contribution >= 4 is 62.5 Å². The third kappa shape index (κ3) is 9.70. The van der Waals surface area contributed by atoms with E-state index in [4.69, 9.17) is 35.5 Å². The minimum Gasteiger partial charge on any atom is -0.660 e. The van der Waals surface area contributed by atoms with Gasteiger partial charge in [0.15, 0.2) is 0 Å². The van der Waals surface area contributed by atoms with Crippen molar-refractivity contribution < 1.29 is 50.7 Å². The number of fused-ring (bicyclic) bond motifs is 7. The van der Waals surface area contributed by atoms with Crippen molar-refractivity contribution in [1.82, 2.24) is 15.0 Å². The molecule has 1 atom stereocenters. The SMILES string of the molecule is Cc1cc(C)c(S(N)(=O)=O)c(C)c1C1=C2C=CC(=N2)C(c2c(C)cc(C)c(S(N)(=O)=O)c2C)=c2ccc([nH]2)=C(c2c(C)cc(C)c(S(N)(=O)=O)c2C)c2ccc([n-]2)C(c2c(C)cc(C)c(S(N)(=O)=O)c2C)c2ccc1[n-]2.[Mn+2].